The number of aryl methyl sites for hydroxylation is 1. The van der Waals surface area contributed by atoms with Crippen LogP contribution in [0.25, 0.3) is 0 Å². The minimum Gasteiger partial charge on any atom is -0.451 e. The van der Waals surface area contributed by atoms with E-state index >= 15 is 0 Å². The van der Waals surface area contributed by atoms with Gasteiger partial charge in [-0.2, -0.15) is 5.10 Å². The van der Waals surface area contributed by atoms with Gasteiger partial charge in [0.15, 0.2) is 12.3 Å². The first-order valence-corrected chi connectivity index (χ1v) is 8.29. The number of hydrogen-bond acceptors (Lipinski definition) is 6. The lowest BCUT2D eigenvalue weighted by atomic mass is 10.1. The predicted molar refractivity (Wildman–Crippen MR) is 96.4 cm³/mol. The highest BCUT2D eigenvalue weighted by Crippen LogP contribution is 2.31. The highest BCUT2D eigenvalue weighted by molar-refractivity contribution is 6.05. The molecule has 1 N–H and O–H groups in total. The van der Waals surface area contributed by atoms with Crippen LogP contribution in [0.3, 0.4) is 0 Å². The fourth-order valence-corrected chi connectivity index (χ4v) is 2.85. The molecule has 1 aliphatic rings. The number of benzene rings is 1. The van der Waals surface area contributed by atoms with Gasteiger partial charge in [-0.25, -0.2) is 9.48 Å². The van der Waals surface area contributed by atoms with Crippen LogP contribution in [0.2, 0.25) is 0 Å². The van der Waals surface area contributed by atoms with Crippen LogP contribution in [0, 0.1) is 0 Å². The monoisotopic (exact) mass is 370 g/mol. The Kier molecular flexibility index (Phi) is 5.02. The molecule has 0 saturated carbocycles. The van der Waals surface area contributed by atoms with E-state index < -0.39 is 24.5 Å². The van der Waals surface area contributed by atoms with Gasteiger partial charge in [0.2, 0.25) is 5.91 Å². The Bertz CT molecular complexity index is 968. The number of anilines is 2. The van der Waals surface area contributed by atoms with Crippen LogP contribution in [0.1, 0.15) is 23.8 Å². The number of esters is 1. The zero-order valence-electron chi connectivity index (χ0n) is 14.8. The number of hydrogen-bond donors (Lipinski definition) is 1. The molecule has 2 heterocycles. The number of nitrogens with zero attached hydrogens (tertiary/aromatic N) is 3. The summed E-state index contributed by atoms with van der Waals surface area (Å²) in [7, 11) is 1.41. The van der Waals surface area contributed by atoms with Crippen molar-refractivity contribution >= 4 is 29.2 Å². The van der Waals surface area contributed by atoms with Gasteiger partial charge >= 0.3 is 5.97 Å². The third-order valence-electron chi connectivity index (χ3n) is 4.12. The molecule has 9 nitrogen and oxygen atoms in total. The summed E-state index contributed by atoms with van der Waals surface area (Å²) in [6, 6.07) is 8.94. The molecule has 2 amide bonds. The van der Waals surface area contributed by atoms with Crippen LogP contribution in [-0.2, 0) is 21.4 Å². The molecule has 2 aromatic rings. The van der Waals surface area contributed by atoms with E-state index in [0.29, 0.717) is 11.4 Å². The fraction of sp³-hybridized carbons (Fsp3) is 0.278. The van der Waals surface area contributed by atoms with Crippen molar-refractivity contribution in [2.24, 2.45) is 7.05 Å². The van der Waals surface area contributed by atoms with Crippen LogP contribution in [-0.4, -0.2) is 40.2 Å². The molecular weight excluding hydrogens is 352 g/mol. The maximum Gasteiger partial charge on any atom is 0.359 e. The summed E-state index contributed by atoms with van der Waals surface area (Å²) in [5, 5.41) is 6.55. The summed E-state index contributed by atoms with van der Waals surface area (Å²) in [5.74, 6) is -1.48. The number of rotatable bonds is 3. The lowest BCUT2D eigenvalue weighted by Crippen LogP contribution is -2.41. The first-order chi connectivity index (χ1) is 12.9. The van der Waals surface area contributed by atoms with E-state index in [0.717, 1.165) is 4.68 Å². The molecule has 9 heteroatoms. The van der Waals surface area contributed by atoms with Crippen molar-refractivity contribution in [3.8, 4) is 0 Å². The third kappa shape index (κ3) is 3.86. The van der Waals surface area contributed by atoms with Crippen LogP contribution in [0.15, 0.2) is 41.2 Å². The number of carbonyl (C=O) groups excluding carboxylic acids is 3. The Morgan fingerprint density at radius 2 is 1.96 bits per heavy atom. The molecular formula is C18H18N4O5. The van der Waals surface area contributed by atoms with Gasteiger partial charge in [0.25, 0.3) is 11.5 Å². The standard InChI is InChI=1S/C18H18N4O5/c1-11-9-15(23)19-12-5-3-4-6-14(12)22(11)17(25)10-27-18(26)13-7-8-16(24)21(2)20-13/h3-8,11H,9-10H2,1-2H3,(H,19,23). The molecule has 1 aromatic carbocycles. The third-order valence-corrected chi connectivity index (χ3v) is 4.12. The van der Waals surface area contributed by atoms with Crippen molar-refractivity contribution in [3.05, 3.63) is 52.4 Å². The summed E-state index contributed by atoms with van der Waals surface area (Å²) in [4.78, 5) is 49.6. The van der Waals surface area contributed by atoms with Crippen molar-refractivity contribution in [2.75, 3.05) is 16.8 Å². The van der Waals surface area contributed by atoms with Crippen molar-refractivity contribution < 1.29 is 19.1 Å². The summed E-state index contributed by atoms with van der Waals surface area (Å²) in [6.07, 6.45) is 0.122. The van der Waals surface area contributed by atoms with E-state index in [1.54, 1.807) is 31.2 Å². The van der Waals surface area contributed by atoms with Crippen molar-refractivity contribution in [1.82, 2.24) is 9.78 Å². The number of ether oxygens (including phenoxy) is 1. The Balaban J connectivity index is 1.77. The normalized spacial score (nSPS) is 16.1. The molecule has 0 saturated heterocycles. The predicted octanol–water partition coefficient (Wildman–Crippen LogP) is 0.701. The molecule has 0 spiro atoms. The molecule has 0 aliphatic carbocycles. The van der Waals surface area contributed by atoms with Gasteiger partial charge in [-0.05, 0) is 25.1 Å². The second-order valence-corrected chi connectivity index (χ2v) is 6.14. The van der Waals surface area contributed by atoms with Crippen molar-refractivity contribution in [2.45, 2.75) is 19.4 Å². The molecule has 0 fully saturated rings. The minimum absolute atomic E-state index is 0.0777. The lowest BCUT2D eigenvalue weighted by Gasteiger charge is -2.27. The molecule has 140 valence electrons. The number of amides is 2. The summed E-state index contributed by atoms with van der Waals surface area (Å²) >= 11 is 0. The van der Waals surface area contributed by atoms with Gasteiger partial charge in [0, 0.05) is 25.6 Å². The van der Waals surface area contributed by atoms with Gasteiger partial charge in [0.05, 0.1) is 11.4 Å². The van der Waals surface area contributed by atoms with E-state index in [1.807, 2.05) is 0 Å². The number of aromatic nitrogens is 2. The lowest BCUT2D eigenvalue weighted by molar-refractivity contribution is -0.122. The number of nitrogens with one attached hydrogen (secondary N) is 1. The number of carbonyl (C=O) groups is 3. The Labute approximate surface area is 154 Å². The maximum atomic E-state index is 12.7. The first kappa shape index (κ1) is 18.3. The van der Waals surface area contributed by atoms with Gasteiger partial charge in [-0.1, -0.05) is 12.1 Å². The van der Waals surface area contributed by atoms with Crippen LogP contribution < -0.4 is 15.8 Å². The van der Waals surface area contributed by atoms with Gasteiger partial charge in [-0.3, -0.25) is 14.4 Å². The van der Waals surface area contributed by atoms with E-state index in [4.69, 9.17) is 4.74 Å². The summed E-state index contributed by atoms with van der Waals surface area (Å²) in [6.45, 7) is 1.23. The Morgan fingerprint density at radius 3 is 2.70 bits per heavy atom. The highest BCUT2D eigenvalue weighted by atomic mass is 16.5. The molecule has 0 radical (unpaired) electrons. The SMILES string of the molecule is CC1CC(=O)Nc2ccccc2N1C(=O)COC(=O)c1ccc(=O)n(C)n1. The van der Waals surface area contributed by atoms with Crippen LogP contribution in [0.4, 0.5) is 11.4 Å². The highest BCUT2D eigenvalue weighted by Gasteiger charge is 2.30. The minimum atomic E-state index is -0.816. The van der Waals surface area contributed by atoms with E-state index in [1.165, 1.54) is 24.1 Å². The average Bonchev–Trinajstić information content (AvgIpc) is 2.76. The molecule has 1 atom stereocenters. The maximum absolute atomic E-state index is 12.7. The smallest absolute Gasteiger partial charge is 0.359 e. The fourth-order valence-electron chi connectivity index (χ4n) is 2.85. The largest absolute Gasteiger partial charge is 0.451 e. The molecule has 1 unspecified atom stereocenters. The second-order valence-electron chi connectivity index (χ2n) is 6.14. The Morgan fingerprint density at radius 1 is 1.22 bits per heavy atom. The van der Waals surface area contributed by atoms with Gasteiger partial charge in [0.1, 0.15) is 0 Å². The number of fused-ring (bicyclic) bond motifs is 1. The second kappa shape index (κ2) is 7.40. The van der Waals surface area contributed by atoms with E-state index in [9.17, 15) is 19.2 Å². The van der Waals surface area contributed by atoms with Gasteiger partial charge in [-0.15, -0.1) is 0 Å². The van der Waals surface area contributed by atoms with Crippen LogP contribution >= 0.6 is 0 Å². The van der Waals surface area contributed by atoms with E-state index in [2.05, 4.69) is 10.4 Å². The Hall–Kier alpha value is -3.49. The zero-order chi connectivity index (χ0) is 19.6. The average molecular weight is 370 g/mol. The first-order valence-electron chi connectivity index (χ1n) is 8.29. The molecule has 0 bridgehead atoms. The molecule has 1 aliphatic heterocycles. The molecule has 3 rings (SSSR count). The van der Waals surface area contributed by atoms with E-state index in [-0.39, 0.29) is 23.6 Å². The molecule has 1 aromatic heterocycles. The van der Waals surface area contributed by atoms with Crippen LogP contribution in [0.5, 0.6) is 0 Å². The van der Waals surface area contributed by atoms with Crippen molar-refractivity contribution in [3.63, 3.8) is 0 Å². The summed E-state index contributed by atoms with van der Waals surface area (Å²) in [5.41, 5.74) is 0.615. The van der Waals surface area contributed by atoms with Gasteiger partial charge < -0.3 is 15.0 Å². The zero-order valence-corrected chi connectivity index (χ0v) is 14.8. The quantitative estimate of drug-likeness (QED) is 0.797. The summed E-state index contributed by atoms with van der Waals surface area (Å²) < 4.78 is 6.06. The van der Waals surface area contributed by atoms with Crippen molar-refractivity contribution in [1.29, 1.82) is 0 Å². The topological polar surface area (TPSA) is 111 Å². The molecule has 27 heavy (non-hydrogen) atoms. The number of para-hydroxylation sites is 2.